The molecule has 1 aromatic carbocycles. The van der Waals surface area contributed by atoms with Crippen LogP contribution in [0.3, 0.4) is 0 Å². The van der Waals surface area contributed by atoms with Crippen molar-refractivity contribution >= 4 is 28.5 Å². The zero-order chi connectivity index (χ0) is 24.7. The smallest absolute Gasteiger partial charge is 0.309 e. The average Bonchev–Trinajstić information content (AvgIpc) is 3.50. The van der Waals surface area contributed by atoms with Gasteiger partial charge in [0.15, 0.2) is 11.3 Å². The lowest BCUT2D eigenvalue weighted by atomic mass is 10.2. The molecule has 1 aliphatic carbocycles. The number of para-hydroxylation sites is 2. The van der Waals surface area contributed by atoms with Crippen molar-refractivity contribution in [2.45, 2.75) is 45.3 Å². The Balaban J connectivity index is 1.48. The number of fused-ring (bicyclic) bond motifs is 2. The number of hydrogen-bond donors (Lipinski definition) is 1. The molecular formula is C24H26F3N7O. The third-order valence-electron chi connectivity index (χ3n) is 6.38. The third kappa shape index (κ3) is 4.60. The topological polar surface area (TPSA) is 80.3 Å². The first-order valence-electron chi connectivity index (χ1n) is 11.7. The van der Waals surface area contributed by atoms with E-state index in [1.54, 1.807) is 0 Å². The molecule has 0 radical (unpaired) electrons. The van der Waals surface area contributed by atoms with Gasteiger partial charge in [0.2, 0.25) is 5.95 Å². The Morgan fingerprint density at radius 2 is 1.89 bits per heavy atom. The van der Waals surface area contributed by atoms with Gasteiger partial charge in [0.05, 0.1) is 11.0 Å². The van der Waals surface area contributed by atoms with Crippen LogP contribution in [0.15, 0.2) is 36.4 Å². The van der Waals surface area contributed by atoms with E-state index in [2.05, 4.69) is 39.1 Å². The highest BCUT2D eigenvalue weighted by Gasteiger charge is 2.37. The van der Waals surface area contributed by atoms with Crippen LogP contribution in [-0.4, -0.2) is 54.6 Å². The number of amides is 1. The Morgan fingerprint density at radius 1 is 1.14 bits per heavy atom. The molecule has 3 aromatic heterocycles. The lowest BCUT2D eigenvalue weighted by Gasteiger charge is -2.19. The number of rotatable bonds is 8. The van der Waals surface area contributed by atoms with Crippen molar-refractivity contribution in [2.24, 2.45) is 0 Å². The number of benzene rings is 1. The van der Waals surface area contributed by atoms with Crippen molar-refractivity contribution < 1.29 is 18.0 Å². The number of hydrogen-bond acceptors (Lipinski definition) is 5. The number of nitrogens with one attached hydrogen (secondary N) is 1. The first kappa shape index (κ1) is 23.3. The van der Waals surface area contributed by atoms with E-state index in [4.69, 9.17) is 0 Å². The lowest BCUT2D eigenvalue weighted by Crippen LogP contribution is -2.27. The zero-order valence-corrected chi connectivity index (χ0v) is 19.5. The summed E-state index contributed by atoms with van der Waals surface area (Å²) in [5, 5.41) is 6.71. The first-order valence-corrected chi connectivity index (χ1v) is 11.7. The van der Waals surface area contributed by atoms with E-state index in [0.717, 1.165) is 44.1 Å². The van der Waals surface area contributed by atoms with Crippen LogP contribution >= 0.6 is 0 Å². The fourth-order valence-electron chi connectivity index (χ4n) is 4.24. The summed E-state index contributed by atoms with van der Waals surface area (Å²) in [6, 6.07) is 9.85. The molecule has 1 N–H and O–H groups in total. The van der Waals surface area contributed by atoms with Gasteiger partial charge in [0.1, 0.15) is 5.69 Å². The second-order valence-corrected chi connectivity index (χ2v) is 8.69. The molecular weight excluding hydrogens is 459 g/mol. The van der Waals surface area contributed by atoms with E-state index >= 15 is 0 Å². The first-order chi connectivity index (χ1) is 16.8. The average molecular weight is 486 g/mol. The second kappa shape index (κ2) is 8.95. The van der Waals surface area contributed by atoms with Gasteiger partial charge in [-0.25, -0.2) is 14.5 Å². The van der Waals surface area contributed by atoms with E-state index in [9.17, 15) is 18.0 Å². The van der Waals surface area contributed by atoms with Gasteiger partial charge in [0, 0.05) is 30.8 Å². The zero-order valence-electron chi connectivity index (χ0n) is 19.5. The van der Waals surface area contributed by atoms with Crippen LogP contribution in [0.1, 0.15) is 54.5 Å². The maximum absolute atomic E-state index is 13.7. The van der Waals surface area contributed by atoms with Crippen molar-refractivity contribution in [3.05, 3.63) is 53.5 Å². The predicted molar refractivity (Wildman–Crippen MR) is 125 cm³/mol. The van der Waals surface area contributed by atoms with Gasteiger partial charge >= 0.3 is 6.18 Å². The number of carbonyl (C=O) groups excluding carboxylic acids is 1. The number of imidazole rings is 1. The van der Waals surface area contributed by atoms with Gasteiger partial charge in [-0.3, -0.25) is 10.1 Å². The predicted octanol–water partition coefficient (Wildman–Crippen LogP) is 4.57. The van der Waals surface area contributed by atoms with Crippen LogP contribution in [0.25, 0.3) is 16.7 Å². The summed E-state index contributed by atoms with van der Waals surface area (Å²) in [6.07, 6.45) is -3.00. The summed E-state index contributed by atoms with van der Waals surface area (Å²) in [6.45, 7) is 7.30. The summed E-state index contributed by atoms with van der Waals surface area (Å²) < 4.78 is 43.7. The minimum Gasteiger partial charge on any atom is -0.309 e. The Hall–Kier alpha value is -3.47. The molecule has 35 heavy (non-hydrogen) atoms. The second-order valence-electron chi connectivity index (χ2n) is 8.69. The quantitative estimate of drug-likeness (QED) is 0.396. The molecule has 1 saturated carbocycles. The number of halogens is 3. The number of alkyl halides is 3. The maximum Gasteiger partial charge on any atom is 0.433 e. The van der Waals surface area contributed by atoms with Gasteiger partial charge in [0.25, 0.3) is 5.91 Å². The molecule has 0 unspecified atom stereocenters. The molecule has 0 bridgehead atoms. The minimum absolute atomic E-state index is 0.00177. The molecule has 11 heteroatoms. The van der Waals surface area contributed by atoms with Gasteiger partial charge in [-0.2, -0.15) is 18.3 Å². The standard InChI is InChI=1S/C24H26F3N7O/c1-3-32(4-2)11-12-33-19-8-6-5-7-16(19)29-23(33)30-22(35)18-14-21-28-17(15-9-10-15)13-20(24(25,26)27)34(21)31-18/h5-8,13-15H,3-4,9-12H2,1-2H3,(H,29,30,35). The van der Waals surface area contributed by atoms with E-state index in [1.165, 1.54) is 6.07 Å². The highest BCUT2D eigenvalue weighted by Crippen LogP contribution is 2.41. The monoisotopic (exact) mass is 485 g/mol. The van der Waals surface area contributed by atoms with Crippen LogP contribution in [0, 0.1) is 0 Å². The van der Waals surface area contributed by atoms with Crippen LogP contribution < -0.4 is 5.32 Å². The molecule has 0 atom stereocenters. The Bertz CT molecular complexity index is 1380. The van der Waals surface area contributed by atoms with E-state index < -0.39 is 17.8 Å². The molecule has 8 nitrogen and oxygen atoms in total. The van der Waals surface area contributed by atoms with Crippen molar-refractivity contribution in [3.8, 4) is 0 Å². The van der Waals surface area contributed by atoms with E-state index in [1.807, 2.05) is 28.8 Å². The minimum atomic E-state index is -4.62. The van der Waals surface area contributed by atoms with E-state index in [0.29, 0.717) is 28.2 Å². The SMILES string of the molecule is CCN(CC)CCn1c(NC(=O)c2cc3nc(C4CC4)cc(C(F)(F)F)n3n2)nc2ccccc21. The number of aromatic nitrogens is 5. The third-order valence-corrected chi connectivity index (χ3v) is 6.38. The van der Waals surface area contributed by atoms with Gasteiger partial charge in [-0.15, -0.1) is 0 Å². The molecule has 1 aliphatic rings. The van der Waals surface area contributed by atoms with Crippen molar-refractivity contribution in [2.75, 3.05) is 25.0 Å². The summed E-state index contributed by atoms with van der Waals surface area (Å²) in [7, 11) is 0. The van der Waals surface area contributed by atoms with Crippen LogP contribution in [0.4, 0.5) is 19.1 Å². The van der Waals surface area contributed by atoms with Gasteiger partial charge < -0.3 is 9.47 Å². The molecule has 1 amide bonds. The van der Waals surface area contributed by atoms with Crippen LogP contribution in [-0.2, 0) is 12.7 Å². The molecule has 0 spiro atoms. The normalized spacial score (nSPS) is 14.3. The van der Waals surface area contributed by atoms with Crippen molar-refractivity contribution in [1.82, 2.24) is 29.0 Å². The summed E-state index contributed by atoms with van der Waals surface area (Å²) in [5.74, 6) is -0.293. The lowest BCUT2D eigenvalue weighted by molar-refractivity contribution is -0.142. The molecule has 0 aliphatic heterocycles. The summed E-state index contributed by atoms with van der Waals surface area (Å²) in [5.41, 5.74) is 0.873. The van der Waals surface area contributed by atoms with Crippen molar-refractivity contribution in [1.29, 1.82) is 0 Å². The Morgan fingerprint density at radius 3 is 2.57 bits per heavy atom. The number of carbonyl (C=O) groups is 1. The molecule has 0 saturated heterocycles. The van der Waals surface area contributed by atoms with E-state index in [-0.39, 0.29) is 17.3 Å². The molecule has 1 fully saturated rings. The van der Waals surface area contributed by atoms with Gasteiger partial charge in [-0.05, 0) is 44.1 Å². The highest BCUT2D eigenvalue weighted by atomic mass is 19.4. The largest absolute Gasteiger partial charge is 0.433 e. The molecule has 3 heterocycles. The maximum atomic E-state index is 13.7. The molecule has 5 rings (SSSR count). The van der Waals surface area contributed by atoms with Crippen molar-refractivity contribution in [3.63, 3.8) is 0 Å². The fourth-order valence-corrected chi connectivity index (χ4v) is 4.24. The van der Waals surface area contributed by atoms with Crippen LogP contribution in [0.2, 0.25) is 0 Å². The number of nitrogens with zero attached hydrogens (tertiary/aromatic N) is 6. The molecule has 184 valence electrons. The highest BCUT2D eigenvalue weighted by molar-refractivity contribution is 6.03. The van der Waals surface area contributed by atoms with Gasteiger partial charge in [-0.1, -0.05) is 26.0 Å². The summed E-state index contributed by atoms with van der Waals surface area (Å²) in [4.78, 5) is 24.2. The molecule has 4 aromatic rings. The number of anilines is 1. The van der Waals surface area contributed by atoms with Crippen LogP contribution in [0.5, 0.6) is 0 Å². The summed E-state index contributed by atoms with van der Waals surface area (Å²) >= 11 is 0. The fraction of sp³-hybridized carbons (Fsp3) is 0.417. The number of likely N-dealkylation sites (N-methyl/N-ethyl adjacent to an activating group) is 1. The Kier molecular flexibility index (Phi) is 5.96. The Labute approximate surface area is 199 Å².